The van der Waals surface area contributed by atoms with Crippen LogP contribution < -0.4 is 15.0 Å². The molecule has 130 valence electrons. The third-order valence-corrected chi connectivity index (χ3v) is 4.02. The number of ether oxygens (including phenoxy) is 1. The minimum Gasteiger partial charge on any atom is -0.494 e. The van der Waals surface area contributed by atoms with Crippen molar-refractivity contribution in [1.82, 2.24) is 5.32 Å². The zero-order chi connectivity index (χ0) is 17.6. The summed E-state index contributed by atoms with van der Waals surface area (Å²) in [6, 6.07) is 15.4. The molecule has 0 radical (unpaired) electrons. The largest absolute Gasteiger partial charge is 0.494 e. The van der Waals surface area contributed by atoms with Crippen molar-refractivity contribution < 1.29 is 9.53 Å². The molecule has 0 bridgehead atoms. The van der Waals surface area contributed by atoms with Crippen molar-refractivity contribution >= 4 is 17.6 Å². The van der Waals surface area contributed by atoms with Gasteiger partial charge < -0.3 is 9.64 Å². The van der Waals surface area contributed by atoms with Crippen LogP contribution in [0.5, 0.6) is 5.75 Å². The second-order valence-corrected chi connectivity index (χ2v) is 5.96. The van der Waals surface area contributed by atoms with E-state index >= 15 is 0 Å². The van der Waals surface area contributed by atoms with Gasteiger partial charge in [0.05, 0.1) is 6.61 Å². The van der Waals surface area contributed by atoms with Gasteiger partial charge in [0.1, 0.15) is 5.75 Å². The van der Waals surface area contributed by atoms with Crippen LogP contribution in [0.1, 0.15) is 29.3 Å². The van der Waals surface area contributed by atoms with E-state index < -0.39 is 0 Å². The summed E-state index contributed by atoms with van der Waals surface area (Å²) in [5, 5.41) is 2.96. The number of aliphatic imine (C=N–C) groups is 1. The molecule has 25 heavy (non-hydrogen) atoms. The van der Waals surface area contributed by atoms with Gasteiger partial charge in [0, 0.05) is 24.3 Å². The predicted octanol–water partition coefficient (Wildman–Crippen LogP) is 3.39. The van der Waals surface area contributed by atoms with Crippen molar-refractivity contribution in [2.24, 2.45) is 4.99 Å². The van der Waals surface area contributed by atoms with Crippen LogP contribution in [0.15, 0.2) is 53.5 Å². The number of nitrogens with zero attached hydrogens (tertiary/aromatic N) is 2. The quantitative estimate of drug-likeness (QED) is 0.930. The highest BCUT2D eigenvalue weighted by atomic mass is 16.5. The average Bonchev–Trinajstić information content (AvgIpc) is 2.63. The van der Waals surface area contributed by atoms with Gasteiger partial charge in [0.15, 0.2) is 0 Å². The van der Waals surface area contributed by atoms with E-state index in [1.807, 2.05) is 67.3 Å². The number of benzene rings is 2. The molecule has 0 atom stereocenters. The van der Waals surface area contributed by atoms with Gasteiger partial charge in [-0.2, -0.15) is 0 Å². The lowest BCUT2D eigenvalue weighted by Gasteiger charge is -2.29. The Morgan fingerprint density at radius 1 is 1.24 bits per heavy atom. The summed E-state index contributed by atoms with van der Waals surface area (Å²) in [7, 11) is 0. The van der Waals surface area contributed by atoms with Crippen molar-refractivity contribution in [3.05, 3.63) is 59.7 Å². The lowest BCUT2D eigenvalue weighted by molar-refractivity contribution is 0.0976. The number of anilines is 1. The molecule has 0 aromatic heterocycles. The summed E-state index contributed by atoms with van der Waals surface area (Å²) in [5.41, 5.74) is 2.69. The normalized spacial score (nSPS) is 14.0. The third kappa shape index (κ3) is 4.18. The number of aryl methyl sites for hydroxylation is 1. The first-order valence-corrected chi connectivity index (χ1v) is 8.60. The molecule has 1 N–H and O–H groups in total. The van der Waals surface area contributed by atoms with Crippen LogP contribution in [0.3, 0.4) is 0 Å². The molecule has 0 saturated heterocycles. The Balaban J connectivity index is 1.77. The summed E-state index contributed by atoms with van der Waals surface area (Å²) in [4.78, 5) is 19.1. The second kappa shape index (κ2) is 7.83. The van der Waals surface area contributed by atoms with Gasteiger partial charge in [0.2, 0.25) is 5.96 Å². The number of amides is 1. The molecular weight excluding hydrogens is 314 g/mol. The van der Waals surface area contributed by atoms with E-state index in [1.54, 1.807) is 0 Å². The lowest BCUT2D eigenvalue weighted by atomic mass is 10.1. The molecule has 1 heterocycles. The fourth-order valence-corrected chi connectivity index (χ4v) is 2.81. The number of guanidine groups is 1. The topological polar surface area (TPSA) is 53.9 Å². The van der Waals surface area contributed by atoms with Gasteiger partial charge >= 0.3 is 0 Å². The maximum absolute atomic E-state index is 12.5. The van der Waals surface area contributed by atoms with E-state index in [1.165, 1.54) is 0 Å². The van der Waals surface area contributed by atoms with Gasteiger partial charge in [-0.1, -0.05) is 17.7 Å². The minimum absolute atomic E-state index is 0.139. The number of carbonyl (C=O) groups excluding carboxylic acids is 1. The molecule has 1 aliphatic rings. The molecule has 2 aromatic carbocycles. The Morgan fingerprint density at radius 2 is 2.04 bits per heavy atom. The third-order valence-electron chi connectivity index (χ3n) is 4.02. The van der Waals surface area contributed by atoms with Gasteiger partial charge in [0.25, 0.3) is 5.91 Å². The SMILES string of the molecule is CCOc1ccc(N2CCCN=C2NC(=O)c2cccc(C)c2)cc1. The van der Waals surface area contributed by atoms with Gasteiger partial charge in [-0.25, -0.2) is 0 Å². The molecule has 0 saturated carbocycles. The molecule has 0 aliphatic carbocycles. The van der Waals surface area contributed by atoms with Crippen LogP contribution >= 0.6 is 0 Å². The number of hydrogen-bond acceptors (Lipinski definition) is 4. The second-order valence-electron chi connectivity index (χ2n) is 5.96. The molecule has 0 unspecified atom stereocenters. The summed E-state index contributed by atoms with van der Waals surface area (Å²) >= 11 is 0. The van der Waals surface area contributed by atoms with Crippen LogP contribution in [-0.4, -0.2) is 31.6 Å². The van der Waals surface area contributed by atoms with E-state index in [0.717, 1.165) is 36.5 Å². The Bertz CT molecular complexity index is 769. The van der Waals surface area contributed by atoms with Gasteiger partial charge in [-0.3, -0.25) is 15.1 Å². The van der Waals surface area contributed by atoms with Crippen molar-refractivity contribution in [3.8, 4) is 5.75 Å². The van der Waals surface area contributed by atoms with Crippen LogP contribution in [0.2, 0.25) is 0 Å². The monoisotopic (exact) mass is 337 g/mol. The van der Waals surface area contributed by atoms with Crippen molar-refractivity contribution in [1.29, 1.82) is 0 Å². The van der Waals surface area contributed by atoms with Gasteiger partial charge in [-0.05, 0) is 56.7 Å². The zero-order valence-electron chi connectivity index (χ0n) is 14.7. The number of hydrogen-bond donors (Lipinski definition) is 1. The maximum Gasteiger partial charge on any atom is 0.257 e. The summed E-state index contributed by atoms with van der Waals surface area (Å²) in [6.45, 7) is 6.12. The lowest BCUT2D eigenvalue weighted by Crippen LogP contribution is -2.47. The van der Waals surface area contributed by atoms with Crippen molar-refractivity contribution in [2.75, 3.05) is 24.6 Å². The number of nitrogens with one attached hydrogen (secondary N) is 1. The van der Waals surface area contributed by atoms with Crippen molar-refractivity contribution in [2.45, 2.75) is 20.3 Å². The van der Waals surface area contributed by atoms with Crippen molar-refractivity contribution in [3.63, 3.8) is 0 Å². The highest BCUT2D eigenvalue weighted by Crippen LogP contribution is 2.21. The smallest absolute Gasteiger partial charge is 0.257 e. The zero-order valence-corrected chi connectivity index (χ0v) is 14.7. The summed E-state index contributed by atoms with van der Waals surface area (Å²) < 4.78 is 5.49. The van der Waals surface area contributed by atoms with Crippen LogP contribution in [0.4, 0.5) is 5.69 Å². The molecule has 5 nitrogen and oxygen atoms in total. The first-order chi connectivity index (χ1) is 12.2. The van der Waals surface area contributed by atoms with E-state index in [-0.39, 0.29) is 5.91 Å². The Morgan fingerprint density at radius 3 is 2.76 bits per heavy atom. The Labute approximate surface area is 148 Å². The Hall–Kier alpha value is -2.82. The van der Waals surface area contributed by atoms with E-state index in [0.29, 0.717) is 18.1 Å². The molecule has 0 fully saturated rings. The summed E-state index contributed by atoms with van der Waals surface area (Å²) in [5.74, 6) is 1.30. The molecule has 1 aliphatic heterocycles. The molecule has 2 aromatic rings. The number of carbonyl (C=O) groups is 1. The highest BCUT2D eigenvalue weighted by Gasteiger charge is 2.20. The molecule has 0 spiro atoms. The van der Waals surface area contributed by atoms with Crippen LogP contribution in [0, 0.1) is 6.92 Å². The first-order valence-electron chi connectivity index (χ1n) is 8.60. The van der Waals surface area contributed by atoms with Gasteiger partial charge in [-0.15, -0.1) is 0 Å². The predicted molar refractivity (Wildman–Crippen MR) is 101 cm³/mol. The first kappa shape index (κ1) is 17.0. The molecule has 3 rings (SSSR count). The Kier molecular flexibility index (Phi) is 5.33. The molecule has 5 heteroatoms. The maximum atomic E-state index is 12.5. The van der Waals surface area contributed by atoms with Crippen LogP contribution in [-0.2, 0) is 0 Å². The standard InChI is InChI=1S/C20H23N3O2/c1-3-25-18-10-8-17(9-11-18)23-13-5-12-21-20(23)22-19(24)16-7-4-6-15(2)14-16/h4,6-11,14H,3,5,12-13H2,1-2H3,(H,21,22,24). The fourth-order valence-electron chi connectivity index (χ4n) is 2.81. The number of rotatable bonds is 4. The molecule has 1 amide bonds. The fraction of sp³-hybridized carbons (Fsp3) is 0.300. The van der Waals surface area contributed by atoms with E-state index in [4.69, 9.17) is 4.74 Å². The highest BCUT2D eigenvalue weighted by molar-refractivity contribution is 6.11. The van der Waals surface area contributed by atoms with Crippen LogP contribution in [0.25, 0.3) is 0 Å². The van der Waals surface area contributed by atoms with E-state index in [2.05, 4.69) is 10.3 Å². The molecular formula is C20H23N3O2. The summed E-state index contributed by atoms with van der Waals surface area (Å²) in [6.07, 6.45) is 0.955. The van der Waals surface area contributed by atoms with E-state index in [9.17, 15) is 4.79 Å². The average molecular weight is 337 g/mol. The minimum atomic E-state index is -0.139.